The molecule has 6 heteroatoms. The van der Waals surface area contributed by atoms with E-state index in [1.54, 1.807) is 11.6 Å². The fourth-order valence-corrected chi connectivity index (χ4v) is 1.20. The van der Waals surface area contributed by atoms with Crippen LogP contribution in [0.1, 0.15) is 24.2 Å². The second-order valence-electron chi connectivity index (χ2n) is 3.16. The molecule has 0 radical (unpaired) electrons. The summed E-state index contributed by atoms with van der Waals surface area (Å²) in [5.41, 5.74) is 0.240. The number of ether oxygens (including phenoxy) is 1. The number of esters is 1. The molecule has 17 heavy (non-hydrogen) atoms. The molecule has 0 saturated heterocycles. The van der Waals surface area contributed by atoms with E-state index in [-0.39, 0.29) is 18.0 Å². The van der Waals surface area contributed by atoms with Gasteiger partial charge in [-0.25, -0.2) is 4.79 Å². The van der Waals surface area contributed by atoms with E-state index in [9.17, 15) is 9.59 Å². The van der Waals surface area contributed by atoms with Gasteiger partial charge in [0.2, 0.25) is 5.91 Å². The molecule has 0 aromatic carbocycles. The van der Waals surface area contributed by atoms with E-state index in [1.165, 1.54) is 6.20 Å². The summed E-state index contributed by atoms with van der Waals surface area (Å²) in [5.74, 6) is -0.737. The van der Waals surface area contributed by atoms with Gasteiger partial charge >= 0.3 is 5.97 Å². The van der Waals surface area contributed by atoms with Crippen LogP contribution in [0.2, 0.25) is 0 Å². The van der Waals surface area contributed by atoms with Gasteiger partial charge in [-0.1, -0.05) is 6.58 Å². The SMILES string of the molecule is C=CC(=O)Nc1nn(CC)cc1C(=O)OCC. The first-order valence-corrected chi connectivity index (χ1v) is 5.30. The van der Waals surface area contributed by atoms with Crippen molar-refractivity contribution in [1.82, 2.24) is 9.78 Å². The lowest BCUT2D eigenvalue weighted by atomic mass is 10.3. The second kappa shape index (κ2) is 5.83. The first kappa shape index (κ1) is 13.0. The number of nitrogens with zero attached hydrogens (tertiary/aromatic N) is 2. The van der Waals surface area contributed by atoms with Crippen LogP contribution < -0.4 is 5.32 Å². The number of amides is 1. The van der Waals surface area contributed by atoms with E-state index in [4.69, 9.17) is 4.74 Å². The standard InChI is InChI=1S/C11H15N3O3/c1-4-9(15)12-10-8(11(16)17-6-3)7-14(5-2)13-10/h4,7H,1,5-6H2,2-3H3,(H,12,13,15). The molecular weight excluding hydrogens is 222 g/mol. The zero-order chi connectivity index (χ0) is 12.8. The lowest BCUT2D eigenvalue weighted by Gasteiger charge is -2.01. The molecule has 0 atom stereocenters. The molecule has 0 saturated carbocycles. The predicted octanol–water partition coefficient (Wildman–Crippen LogP) is 1.20. The highest BCUT2D eigenvalue weighted by Gasteiger charge is 2.18. The molecule has 1 amide bonds. The Morgan fingerprint density at radius 3 is 2.82 bits per heavy atom. The van der Waals surface area contributed by atoms with Gasteiger partial charge in [0.25, 0.3) is 0 Å². The van der Waals surface area contributed by atoms with Gasteiger partial charge in [0.1, 0.15) is 5.56 Å². The number of aromatic nitrogens is 2. The minimum absolute atomic E-state index is 0.190. The van der Waals surface area contributed by atoms with E-state index in [2.05, 4.69) is 17.0 Å². The second-order valence-corrected chi connectivity index (χ2v) is 3.16. The van der Waals surface area contributed by atoms with E-state index < -0.39 is 11.9 Å². The fraction of sp³-hybridized carbons (Fsp3) is 0.364. The highest BCUT2D eigenvalue weighted by molar-refractivity contribution is 6.03. The van der Waals surface area contributed by atoms with E-state index in [0.29, 0.717) is 6.54 Å². The summed E-state index contributed by atoms with van der Waals surface area (Å²) in [6.45, 7) is 7.78. The molecular formula is C11H15N3O3. The molecule has 0 fully saturated rings. The summed E-state index contributed by atoms with van der Waals surface area (Å²) in [6.07, 6.45) is 2.65. The summed E-state index contributed by atoms with van der Waals surface area (Å²) in [4.78, 5) is 22.8. The molecule has 0 unspecified atom stereocenters. The molecule has 1 heterocycles. The van der Waals surface area contributed by atoms with Crippen molar-refractivity contribution in [3.05, 3.63) is 24.4 Å². The molecule has 0 aliphatic rings. The Hall–Kier alpha value is -2.11. The lowest BCUT2D eigenvalue weighted by Crippen LogP contribution is -2.12. The van der Waals surface area contributed by atoms with Crippen LogP contribution in [0.15, 0.2) is 18.9 Å². The predicted molar refractivity (Wildman–Crippen MR) is 62.7 cm³/mol. The molecule has 1 N–H and O–H groups in total. The average Bonchev–Trinajstić information content (AvgIpc) is 2.72. The van der Waals surface area contributed by atoms with E-state index in [0.717, 1.165) is 6.08 Å². The number of rotatable bonds is 5. The first-order chi connectivity index (χ1) is 8.12. The van der Waals surface area contributed by atoms with Crippen LogP contribution in [-0.2, 0) is 16.1 Å². The van der Waals surface area contributed by atoms with Crippen molar-refractivity contribution in [1.29, 1.82) is 0 Å². The topological polar surface area (TPSA) is 73.2 Å². The van der Waals surface area contributed by atoms with Gasteiger partial charge in [-0.05, 0) is 19.9 Å². The number of anilines is 1. The normalized spacial score (nSPS) is 9.76. The van der Waals surface area contributed by atoms with E-state index >= 15 is 0 Å². The van der Waals surface area contributed by atoms with Gasteiger partial charge in [-0.2, -0.15) is 5.10 Å². The third-order valence-corrected chi connectivity index (χ3v) is 2.01. The number of carbonyl (C=O) groups is 2. The van der Waals surface area contributed by atoms with E-state index in [1.807, 2.05) is 6.92 Å². The summed E-state index contributed by atoms with van der Waals surface area (Å²) in [7, 11) is 0. The third kappa shape index (κ3) is 3.17. The maximum atomic E-state index is 11.6. The van der Waals surface area contributed by atoms with Gasteiger partial charge < -0.3 is 10.1 Å². The Balaban J connectivity index is 3.00. The highest BCUT2D eigenvalue weighted by Crippen LogP contribution is 2.14. The van der Waals surface area contributed by atoms with Crippen molar-refractivity contribution in [3.8, 4) is 0 Å². The Bertz CT molecular complexity index is 437. The fourth-order valence-electron chi connectivity index (χ4n) is 1.20. The van der Waals surface area contributed by atoms with Gasteiger partial charge in [0.05, 0.1) is 6.61 Å². The zero-order valence-corrected chi connectivity index (χ0v) is 9.90. The summed E-state index contributed by atoms with van der Waals surface area (Å²) in [6, 6.07) is 0. The van der Waals surface area contributed by atoms with Crippen LogP contribution in [0.25, 0.3) is 0 Å². The monoisotopic (exact) mass is 237 g/mol. The quantitative estimate of drug-likeness (QED) is 0.617. The minimum atomic E-state index is -0.508. The highest BCUT2D eigenvalue weighted by atomic mass is 16.5. The van der Waals surface area contributed by atoms with Crippen LogP contribution in [-0.4, -0.2) is 28.3 Å². The van der Waals surface area contributed by atoms with Crippen molar-refractivity contribution >= 4 is 17.7 Å². The molecule has 1 rings (SSSR count). The number of aryl methyl sites for hydroxylation is 1. The number of nitrogens with one attached hydrogen (secondary N) is 1. The third-order valence-electron chi connectivity index (χ3n) is 2.01. The number of hydrogen-bond acceptors (Lipinski definition) is 4. The zero-order valence-electron chi connectivity index (χ0n) is 9.90. The Labute approximate surface area is 99.3 Å². The molecule has 0 aliphatic carbocycles. The van der Waals surface area contributed by atoms with Crippen molar-refractivity contribution < 1.29 is 14.3 Å². The molecule has 0 aliphatic heterocycles. The Morgan fingerprint density at radius 2 is 2.29 bits per heavy atom. The van der Waals surface area contributed by atoms with Crippen LogP contribution >= 0.6 is 0 Å². The van der Waals surface area contributed by atoms with Gasteiger partial charge in [0, 0.05) is 12.7 Å². The summed E-state index contributed by atoms with van der Waals surface area (Å²) < 4.78 is 6.42. The molecule has 0 bridgehead atoms. The Morgan fingerprint density at radius 1 is 1.59 bits per heavy atom. The van der Waals surface area contributed by atoms with Crippen molar-refractivity contribution in [3.63, 3.8) is 0 Å². The molecule has 6 nitrogen and oxygen atoms in total. The minimum Gasteiger partial charge on any atom is -0.462 e. The molecule has 1 aromatic rings. The smallest absolute Gasteiger partial charge is 0.343 e. The van der Waals surface area contributed by atoms with Gasteiger partial charge in [-0.15, -0.1) is 0 Å². The average molecular weight is 237 g/mol. The van der Waals surface area contributed by atoms with Crippen LogP contribution in [0.5, 0.6) is 0 Å². The lowest BCUT2D eigenvalue weighted by molar-refractivity contribution is -0.111. The van der Waals surface area contributed by atoms with Crippen molar-refractivity contribution in [2.75, 3.05) is 11.9 Å². The van der Waals surface area contributed by atoms with Crippen LogP contribution in [0.4, 0.5) is 5.82 Å². The molecule has 0 spiro atoms. The van der Waals surface area contributed by atoms with Crippen LogP contribution in [0.3, 0.4) is 0 Å². The molecule has 92 valence electrons. The summed E-state index contributed by atoms with van der Waals surface area (Å²) in [5, 5.41) is 6.52. The maximum Gasteiger partial charge on any atom is 0.343 e. The maximum absolute atomic E-state index is 11.6. The van der Waals surface area contributed by atoms with Gasteiger partial charge in [0.15, 0.2) is 5.82 Å². The largest absolute Gasteiger partial charge is 0.462 e. The van der Waals surface area contributed by atoms with Gasteiger partial charge in [-0.3, -0.25) is 9.48 Å². The van der Waals surface area contributed by atoms with Crippen molar-refractivity contribution in [2.45, 2.75) is 20.4 Å². The number of hydrogen-bond donors (Lipinski definition) is 1. The first-order valence-electron chi connectivity index (χ1n) is 5.30. The number of carbonyl (C=O) groups excluding carboxylic acids is 2. The molecule has 1 aromatic heterocycles. The summed E-state index contributed by atoms with van der Waals surface area (Å²) >= 11 is 0. The Kier molecular flexibility index (Phi) is 4.45. The van der Waals surface area contributed by atoms with Crippen molar-refractivity contribution in [2.24, 2.45) is 0 Å². The van der Waals surface area contributed by atoms with Crippen LogP contribution in [0, 0.1) is 0 Å².